The lowest BCUT2D eigenvalue weighted by molar-refractivity contribution is -0.322. The Morgan fingerprint density at radius 3 is 1.69 bits per heavy atom. The van der Waals surface area contributed by atoms with Crippen molar-refractivity contribution in [3.05, 3.63) is 29.8 Å². The van der Waals surface area contributed by atoms with Crippen LogP contribution in [0.25, 0.3) is 0 Å². The molecule has 3 rings (SSSR count). The van der Waals surface area contributed by atoms with Crippen LogP contribution in [0.3, 0.4) is 0 Å². The van der Waals surface area contributed by atoms with Crippen molar-refractivity contribution in [2.75, 3.05) is 48.5 Å². The zero-order chi connectivity index (χ0) is 76.3. The molecule has 1 unspecified atom stereocenters. The van der Waals surface area contributed by atoms with Gasteiger partial charge < -0.3 is 35.0 Å². The highest BCUT2D eigenvalue weighted by atomic mass is 32.2. The maximum atomic E-state index is 15.3. The van der Waals surface area contributed by atoms with Crippen molar-refractivity contribution < 1.29 is 79.7 Å². The minimum absolute atomic E-state index is 0.0400. The third-order valence-electron chi connectivity index (χ3n) is 19.9. The zero-order valence-corrected chi connectivity index (χ0v) is 65.2. The second kappa shape index (κ2) is 39.3. The average Bonchev–Trinajstić information content (AvgIpc) is 0.755. The summed E-state index contributed by atoms with van der Waals surface area (Å²) in [4.78, 5) is 187. The molecule has 24 nitrogen and oxygen atoms in total. The third-order valence-corrected chi connectivity index (χ3v) is 21.3. The van der Waals surface area contributed by atoms with Crippen LogP contribution in [0.5, 0.6) is 0 Å². The molecule has 1 aromatic rings. The number of amides is 7. The van der Waals surface area contributed by atoms with E-state index in [1.165, 1.54) is 80.9 Å². The van der Waals surface area contributed by atoms with E-state index >= 15 is 19.2 Å². The number of hydrogen-bond acceptors (Lipinski definition) is 17. The zero-order valence-electron chi connectivity index (χ0n) is 64.4. The van der Waals surface area contributed by atoms with Crippen molar-refractivity contribution in [3.63, 3.8) is 0 Å². The van der Waals surface area contributed by atoms with E-state index < -0.39 is 182 Å². The number of ether oxygens (including phenoxy) is 1. The average molecular weight is 1430 g/mol. The summed E-state index contributed by atoms with van der Waals surface area (Å²) in [6.07, 6.45) is -0.852. The summed E-state index contributed by atoms with van der Waals surface area (Å²) in [6.45, 7) is 31.5. The number of fused-ring (bicyclic) bond motifs is 1. The molecule has 0 aromatic heterocycles. The van der Waals surface area contributed by atoms with Crippen molar-refractivity contribution in [2.24, 2.45) is 70.5 Å². The van der Waals surface area contributed by atoms with Crippen LogP contribution in [0.15, 0.2) is 29.2 Å². The molecule has 0 saturated carbocycles. The Labute approximate surface area is 597 Å². The first-order valence-corrected chi connectivity index (χ1v) is 37.6. The van der Waals surface area contributed by atoms with Crippen molar-refractivity contribution in [1.29, 1.82) is 0 Å². The van der Waals surface area contributed by atoms with Crippen LogP contribution in [0.4, 0.5) is 4.79 Å². The molecule has 100 heavy (non-hydrogen) atoms. The number of carbonyl (C=O) groups excluding carboxylic acids is 12. The van der Waals surface area contributed by atoms with Gasteiger partial charge in [-0.2, -0.15) is 8.42 Å². The fourth-order valence-electron chi connectivity index (χ4n) is 13.8. The maximum Gasteiger partial charge on any atom is 0.409 e. The minimum Gasteiger partial charge on any atom is -0.453 e. The predicted molar refractivity (Wildman–Crippen MR) is 381 cm³/mol. The van der Waals surface area contributed by atoms with E-state index in [-0.39, 0.29) is 87.2 Å². The van der Waals surface area contributed by atoms with Crippen LogP contribution in [-0.4, -0.2) is 194 Å². The lowest BCUT2D eigenvalue weighted by Gasteiger charge is -2.50. The van der Waals surface area contributed by atoms with Gasteiger partial charge in [-0.3, -0.25) is 61.8 Å². The predicted octanol–water partition coefficient (Wildman–Crippen LogP) is 9.39. The number of ketones is 5. The number of hydrogen-bond donors (Lipinski definition) is 2. The minimum atomic E-state index is -4.00. The van der Waals surface area contributed by atoms with Crippen molar-refractivity contribution >= 4 is 80.6 Å². The normalized spacial score (nSPS) is 26.4. The SMILES string of the molecule is CC[C@@H]1NC(=O)[C@@H]2C([C@H](C)CCCCCOS(=O)(=O)c3ccc(C)cc3)ON2C(=O)[C@H](C(C)C)N(C)C(=O)[C@H](CC(C)C)CC(=O)[C@H](CC(C)C)N(C)C(=O)[C@@H](C)NC(=O)[C@H](C)CC(=O)[C@H](CC(C)C)N(C)C(=O)[C@H](C(C)C)CC(=O)[C@H](C(C)(C)CN(C)C(=O)OC)CC(=O)[C@@H](C)CC1=O. The van der Waals surface area contributed by atoms with Crippen molar-refractivity contribution in [2.45, 2.75) is 255 Å². The summed E-state index contributed by atoms with van der Waals surface area (Å²) in [7, 11) is 3.11. The largest absolute Gasteiger partial charge is 0.453 e. The number of likely N-dealkylation sites (N-methyl/N-ethyl adjacent to an activating group) is 3. The van der Waals surface area contributed by atoms with Crippen LogP contribution in [0, 0.1) is 77.4 Å². The summed E-state index contributed by atoms with van der Waals surface area (Å²) in [5.41, 5.74) is -0.249. The molecule has 1 aromatic carbocycles. The molecule has 2 heterocycles. The fraction of sp³-hybridized carbons (Fsp3) is 0.760. The summed E-state index contributed by atoms with van der Waals surface area (Å²) in [5.74, 6) is -13.1. The van der Waals surface area contributed by atoms with E-state index in [1.807, 2.05) is 55.4 Å². The number of aryl methyl sites for hydroxylation is 1. The van der Waals surface area contributed by atoms with Gasteiger partial charge in [0, 0.05) is 96.4 Å². The van der Waals surface area contributed by atoms with Crippen molar-refractivity contribution in [1.82, 2.24) is 35.3 Å². The highest BCUT2D eigenvalue weighted by Crippen LogP contribution is 2.38. The van der Waals surface area contributed by atoms with Crippen LogP contribution in [0.2, 0.25) is 0 Å². The molecular formula is C75H123N7O17S. The van der Waals surface area contributed by atoms with Gasteiger partial charge in [-0.05, 0) is 105 Å². The molecule has 566 valence electrons. The Morgan fingerprint density at radius 1 is 0.630 bits per heavy atom. The summed E-state index contributed by atoms with van der Waals surface area (Å²) < 4.78 is 36.1. The third kappa shape index (κ3) is 24.6. The smallest absolute Gasteiger partial charge is 0.409 e. The van der Waals surface area contributed by atoms with Crippen molar-refractivity contribution in [3.8, 4) is 0 Å². The molecule has 13 atom stereocenters. The molecular weight excluding hydrogens is 1300 g/mol. The topological polar surface area (TPSA) is 307 Å². The van der Waals surface area contributed by atoms with Crippen LogP contribution in [0.1, 0.15) is 207 Å². The molecule has 0 spiro atoms. The van der Waals surface area contributed by atoms with E-state index in [0.29, 0.717) is 25.7 Å². The molecule has 7 amide bonds. The van der Waals surface area contributed by atoms with Gasteiger partial charge in [0.2, 0.25) is 29.5 Å². The first-order chi connectivity index (χ1) is 46.3. The summed E-state index contributed by atoms with van der Waals surface area (Å²) in [6, 6.07) is -0.742. The monoisotopic (exact) mass is 1430 g/mol. The van der Waals surface area contributed by atoms with Gasteiger partial charge in [0.25, 0.3) is 16.0 Å². The van der Waals surface area contributed by atoms with Crippen LogP contribution < -0.4 is 10.6 Å². The quantitative estimate of drug-likeness (QED) is 0.0855. The number of Topliss-reactive ketones (excluding diaryl/α,β-unsaturated/α-hetero) is 5. The Kier molecular flexibility index (Phi) is 34.4. The number of benzene rings is 1. The Balaban J connectivity index is 2.24. The number of nitrogens with one attached hydrogen (secondary N) is 2. The Morgan fingerprint density at radius 2 is 1.17 bits per heavy atom. The molecule has 25 heteroatoms. The molecule has 2 saturated heterocycles. The second-order valence-electron chi connectivity index (χ2n) is 31.3. The van der Waals surface area contributed by atoms with Gasteiger partial charge >= 0.3 is 6.09 Å². The number of hydroxylamine groups is 2. The molecule has 0 bridgehead atoms. The van der Waals surface area contributed by atoms with E-state index in [0.717, 1.165) is 10.6 Å². The molecule has 2 N–H and O–H groups in total. The van der Waals surface area contributed by atoms with Gasteiger partial charge in [-0.25, -0.2) is 9.86 Å². The van der Waals surface area contributed by atoms with E-state index in [4.69, 9.17) is 13.8 Å². The lowest BCUT2D eigenvalue weighted by atomic mass is 9.70. The van der Waals surface area contributed by atoms with Gasteiger partial charge in [-0.15, -0.1) is 0 Å². The van der Waals surface area contributed by atoms with Gasteiger partial charge in [0.15, 0.2) is 23.4 Å². The molecule has 0 radical (unpaired) electrons. The molecule has 2 aliphatic rings. The first-order valence-electron chi connectivity index (χ1n) is 36.1. The maximum absolute atomic E-state index is 15.3. The highest BCUT2D eigenvalue weighted by Gasteiger charge is 2.54. The molecule has 2 aliphatic heterocycles. The summed E-state index contributed by atoms with van der Waals surface area (Å²) >= 11 is 0. The first kappa shape index (κ1) is 87.7. The molecule has 0 aliphatic carbocycles. The van der Waals surface area contributed by atoms with Crippen LogP contribution in [-0.2, 0) is 76.6 Å². The molecule has 2 fully saturated rings. The number of methoxy groups -OCH3 is 1. The fourth-order valence-corrected chi connectivity index (χ4v) is 14.7. The van der Waals surface area contributed by atoms with E-state index in [9.17, 15) is 46.8 Å². The van der Waals surface area contributed by atoms with E-state index in [2.05, 4.69) is 10.6 Å². The number of nitrogens with zero attached hydrogens (tertiary/aromatic N) is 5. The lowest BCUT2D eigenvalue weighted by Crippen LogP contribution is -2.71. The standard InChI is InChI=1S/C75H123N7O17S/c1-24-57-62(85)37-50(14)60(83)41-56(75(17,18)42-78(19)74(94)97-23)61(84)40-55(46(8)9)72(92)80(21)58(35-44(4)5)63(86)38-51(15)68(88)76-52(16)70(90)79(20)59(36-45(6)7)64(87)39-53(34-43(2)3)71(91)81(22)65(47(10)11)73(93)82-66(69(89)77-57)67(99-82)49(13)28-26-25-27-33-98-100(95,96)54-31-29-48(12)30-32-54/h29-32,43-47,49-53,55-59,65-67H,24-28,33-42H2,1-23H3,(H,76,88)(H,77,89)/t49-,50+,51-,52-,53-,55+,56-,57+,58+,59+,65+,66+,67?/m1/s1. The number of unbranched alkanes of at least 4 members (excludes halogenated alkanes) is 2. The Bertz CT molecular complexity index is 3110. The van der Waals surface area contributed by atoms with Gasteiger partial charge in [0.05, 0.1) is 36.7 Å². The van der Waals surface area contributed by atoms with E-state index in [1.54, 1.807) is 67.5 Å². The second-order valence-corrected chi connectivity index (χ2v) is 32.9. The van der Waals surface area contributed by atoms with Gasteiger partial charge in [-0.1, -0.05) is 141 Å². The number of rotatable bonds is 21. The highest BCUT2D eigenvalue weighted by molar-refractivity contribution is 7.86. The summed E-state index contributed by atoms with van der Waals surface area (Å²) in [5, 5.41) is 6.55. The van der Waals surface area contributed by atoms with Gasteiger partial charge in [0.1, 0.15) is 29.8 Å². The Hall–Kier alpha value is -6.47. The van der Waals surface area contributed by atoms with Crippen LogP contribution >= 0.6 is 0 Å². The number of carbonyl (C=O) groups is 12.